The normalized spacial score (nSPS) is 17.6. The summed E-state index contributed by atoms with van der Waals surface area (Å²) in [6, 6.07) is 12.7. The number of carbonyl (C=O) groups is 3. The lowest BCUT2D eigenvalue weighted by Crippen LogP contribution is -2.50. The number of nitrogens with two attached hydrogens (primary N) is 1. The van der Waals surface area contributed by atoms with Crippen molar-refractivity contribution < 1.29 is 27.9 Å². The third-order valence-corrected chi connectivity index (χ3v) is 7.88. The van der Waals surface area contributed by atoms with Gasteiger partial charge in [-0.2, -0.15) is 5.10 Å². The van der Waals surface area contributed by atoms with Gasteiger partial charge in [0.05, 0.1) is 11.7 Å². The molecule has 4 rings (SSSR count). The van der Waals surface area contributed by atoms with Gasteiger partial charge in [-0.15, -0.1) is 0 Å². The third kappa shape index (κ3) is 8.91. The molecule has 10 nitrogen and oxygen atoms in total. The molecule has 3 amide bonds. The van der Waals surface area contributed by atoms with E-state index in [0.29, 0.717) is 43.5 Å². The Hall–Kier alpha value is -3.71. The van der Waals surface area contributed by atoms with Crippen molar-refractivity contribution in [2.75, 3.05) is 11.4 Å². The number of benzene rings is 2. The highest BCUT2D eigenvalue weighted by atomic mass is 79.9. The van der Waals surface area contributed by atoms with Crippen molar-refractivity contribution in [3.63, 3.8) is 0 Å². The van der Waals surface area contributed by atoms with E-state index in [-0.39, 0.29) is 24.1 Å². The Morgan fingerprint density at radius 3 is 2.27 bits per heavy atom. The highest BCUT2D eigenvalue weighted by Gasteiger charge is 2.35. The second-order valence-electron chi connectivity index (χ2n) is 11.9. The number of anilines is 1. The van der Waals surface area contributed by atoms with Gasteiger partial charge in [0.1, 0.15) is 5.60 Å². The molecule has 0 spiro atoms. The zero-order valence-electron chi connectivity index (χ0n) is 24.9. The number of ether oxygens (including phenoxy) is 1. The molecular weight excluding hydrogens is 638 g/mol. The number of imide groups is 1. The van der Waals surface area contributed by atoms with Crippen LogP contribution in [-0.4, -0.2) is 51.3 Å². The number of hydrogen-bond acceptors (Lipinski definition) is 7. The molecule has 1 heterocycles. The average molecular weight is 676 g/mol. The summed E-state index contributed by atoms with van der Waals surface area (Å²) >= 11 is 3.39. The highest BCUT2D eigenvalue weighted by Crippen LogP contribution is 2.32. The number of carbonyl (C=O) groups excluding carboxylic acids is 3. The Balaban J connectivity index is 1.49. The highest BCUT2D eigenvalue weighted by molar-refractivity contribution is 9.10. The smallest absolute Gasteiger partial charge is 0.407 e. The van der Waals surface area contributed by atoms with Gasteiger partial charge in [0.25, 0.3) is 12.3 Å². The van der Waals surface area contributed by atoms with Crippen LogP contribution in [0.25, 0.3) is 11.4 Å². The summed E-state index contributed by atoms with van der Waals surface area (Å²) in [6.45, 7) is 5.83. The molecule has 1 aromatic heterocycles. The van der Waals surface area contributed by atoms with Crippen molar-refractivity contribution in [2.45, 2.75) is 70.9 Å². The number of amides is 3. The molecule has 236 valence electrons. The van der Waals surface area contributed by atoms with Crippen LogP contribution in [0.3, 0.4) is 0 Å². The van der Waals surface area contributed by atoms with Gasteiger partial charge < -0.3 is 15.8 Å². The molecule has 3 aromatic rings. The first-order chi connectivity index (χ1) is 20.8. The first-order valence-electron chi connectivity index (χ1n) is 14.5. The standard InChI is InChI=1S/C31H37BrF2N6O4/c1-31(2,3)44-30(43)36-17-19-4-8-21(9-5-19)28(41)40(29(42)24(35)16-18-6-12-22(32)13-7-18)23-14-10-20(11-15-23)26-37-27(25(33)34)39-38-26/h6-7,10-15,19,21,24-25H,4-5,8-9,16-17,35H2,1-3H3,(H,36,43)(H,37,38,39)/t19?,21?,24-/m0/s1. The Morgan fingerprint density at radius 1 is 1.07 bits per heavy atom. The molecule has 1 aliphatic rings. The molecule has 0 bridgehead atoms. The van der Waals surface area contributed by atoms with E-state index in [0.717, 1.165) is 14.9 Å². The van der Waals surface area contributed by atoms with Crippen LogP contribution >= 0.6 is 15.9 Å². The van der Waals surface area contributed by atoms with Crippen molar-refractivity contribution in [3.8, 4) is 11.4 Å². The number of halogens is 3. The van der Waals surface area contributed by atoms with Crippen LogP contribution in [0, 0.1) is 11.8 Å². The number of aromatic nitrogens is 3. The number of alkyl halides is 2. The van der Waals surface area contributed by atoms with E-state index in [4.69, 9.17) is 10.5 Å². The van der Waals surface area contributed by atoms with Gasteiger partial charge in [-0.1, -0.05) is 28.1 Å². The molecule has 0 unspecified atom stereocenters. The molecule has 2 aromatic carbocycles. The molecule has 1 atom stereocenters. The van der Waals surface area contributed by atoms with Crippen LogP contribution in [-0.2, 0) is 20.7 Å². The number of nitrogens with one attached hydrogen (secondary N) is 2. The third-order valence-electron chi connectivity index (χ3n) is 7.35. The van der Waals surface area contributed by atoms with Crippen molar-refractivity contribution in [3.05, 3.63) is 64.4 Å². The predicted molar refractivity (Wildman–Crippen MR) is 165 cm³/mol. The summed E-state index contributed by atoms with van der Waals surface area (Å²) in [5, 5.41) is 8.85. The van der Waals surface area contributed by atoms with E-state index < -0.39 is 41.8 Å². The van der Waals surface area contributed by atoms with Gasteiger partial charge in [0.15, 0.2) is 11.6 Å². The maximum absolute atomic E-state index is 13.9. The molecule has 0 saturated heterocycles. The van der Waals surface area contributed by atoms with Gasteiger partial charge in [-0.25, -0.2) is 23.5 Å². The first-order valence-corrected chi connectivity index (χ1v) is 15.3. The molecular formula is C31H37BrF2N6O4. The molecule has 4 N–H and O–H groups in total. The van der Waals surface area contributed by atoms with Crippen molar-refractivity contribution in [1.82, 2.24) is 20.5 Å². The van der Waals surface area contributed by atoms with Gasteiger partial charge in [-0.3, -0.25) is 14.7 Å². The fourth-order valence-electron chi connectivity index (χ4n) is 5.09. The summed E-state index contributed by atoms with van der Waals surface area (Å²) in [7, 11) is 0. The van der Waals surface area contributed by atoms with Gasteiger partial charge in [0.2, 0.25) is 5.91 Å². The van der Waals surface area contributed by atoms with Gasteiger partial charge in [-0.05, 0) is 101 Å². The van der Waals surface area contributed by atoms with Crippen LogP contribution in [0.2, 0.25) is 0 Å². The molecule has 1 saturated carbocycles. The van der Waals surface area contributed by atoms with Crippen LogP contribution in [0.4, 0.5) is 19.3 Å². The van der Waals surface area contributed by atoms with Crippen molar-refractivity contribution in [1.29, 1.82) is 0 Å². The minimum atomic E-state index is -2.79. The predicted octanol–water partition coefficient (Wildman–Crippen LogP) is 5.93. The summed E-state index contributed by atoms with van der Waals surface area (Å²) < 4.78 is 32.2. The van der Waals surface area contributed by atoms with Gasteiger partial charge >= 0.3 is 6.09 Å². The van der Waals surface area contributed by atoms with Crippen LogP contribution in [0.5, 0.6) is 0 Å². The number of aromatic amines is 1. The van der Waals surface area contributed by atoms with Crippen LogP contribution in [0.1, 0.15) is 64.3 Å². The fraction of sp³-hybridized carbons (Fsp3) is 0.452. The van der Waals surface area contributed by atoms with E-state index in [9.17, 15) is 23.2 Å². The van der Waals surface area contributed by atoms with E-state index in [1.807, 2.05) is 24.3 Å². The molecule has 1 fully saturated rings. The Kier molecular flexibility index (Phi) is 10.8. The fourth-order valence-corrected chi connectivity index (χ4v) is 5.35. The molecule has 44 heavy (non-hydrogen) atoms. The Morgan fingerprint density at radius 2 is 1.70 bits per heavy atom. The van der Waals surface area contributed by atoms with Crippen molar-refractivity contribution >= 4 is 39.5 Å². The molecule has 1 aliphatic carbocycles. The zero-order chi connectivity index (χ0) is 32.0. The van der Waals surface area contributed by atoms with Gasteiger partial charge in [0, 0.05) is 22.5 Å². The number of alkyl carbamates (subject to hydrolysis) is 1. The molecule has 0 aliphatic heterocycles. The molecule has 0 radical (unpaired) electrons. The monoisotopic (exact) mass is 674 g/mol. The minimum Gasteiger partial charge on any atom is -0.444 e. The van der Waals surface area contributed by atoms with E-state index >= 15 is 0 Å². The van der Waals surface area contributed by atoms with E-state index in [1.54, 1.807) is 45.0 Å². The van der Waals surface area contributed by atoms with Crippen LogP contribution < -0.4 is 16.0 Å². The number of hydrogen-bond donors (Lipinski definition) is 3. The topological polar surface area (TPSA) is 143 Å². The second kappa shape index (κ2) is 14.4. The SMILES string of the molecule is CC(C)(C)OC(=O)NCC1CCC(C(=O)N(C(=O)[C@@H](N)Cc2ccc(Br)cc2)c2ccc(-c3n[nH]c(C(F)F)n3)cc2)CC1. The lowest BCUT2D eigenvalue weighted by molar-refractivity contribution is -0.130. The summed E-state index contributed by atoms with van der Waals surface area (Å²) in [4.78, 5) is 44.7. The van der Waals surface area contributed by atoms with Crippen molar-refractivity contribution in [2.24, 2.45) is 17.6 Å². The average Bonchev–Trinajstić information content (AvgIpc) is 3.48. The molecule has 13 heteroatoms. The summed E-state index contributed by atoms with van der Waals surface area (Å²) in [5.74, 6) is -1.62. The number of rotatable bonds is 9. The lowest BCUT2D eigenvalue weighted by atomic mass is 9.81. The quantitative estimate of drug-likeness (QED) is 0.255. The van der Waals surface area contributed by atoms with E-state index in [1.165, 1.54) is 0 Å². The van der Waals surface area contributed by atoms with Crippen LogP contribution in [0.15, 0.2) is 53.0 Å². The summed E-state index contributed by atoms with van der Waals surface area (Å²) in [6.07, 6.45) is -0.591. The minimum absolute atomic E-state index is 0.0707. The summed E-state index contributed by atoms with van der Waals surface area (Å²) in [5.41, 5.74) is 7.38. The number of nitrogens with zero attached hydrogens (tertiary/aromatic N) is 3. The Bertz CT molecular complexity index is 1430. The maximum atomic E-state index is 13.9. The van der Waals surface area contributed by atoms with E-state index in [2.05, 4.69) is 36.4 Å². The largest absolute Gasteiger partial charge is 0.444 e. The first kappa shape index (κ1) is 33.2. The Labute approximate surface area is 263 Å². The zero-order valence-corrected chi connectivity index (χ0v) is 26.4. The lowest BCUT2D eigenvalue weighted by Gasteiger charge is -2.32. The maximum Gasteiger partial charge on any atom is 0.407 e. The second-order valence-corrected chi connectivity index (χ2v) is 12.9. The number of H-pyrrole nitrogens is 1.